The van der Waals surface area contributed by atoms with E-state index in [9.17, 15) is 4.79 Å². The summed E-state index contributed by atoms with van der Waals surface area (Å²) < 4.78 is 1.65. The van der Waals surface area contributed by atoms with E-state index in [2.05, 4.69) is 22.6 Å². The van der Waals surface area contributed by atoms with Gasteiger partial charge >= 0.3 is 0 Å². The van der Waals surface area contributed by atoms with E-state index in [4.69, 9.17) is 0 Å². The first-order valence-corrected chi connectivity index (χ1v) is 8.36. The van der Waals surface area contributed by atoms with E-state index < -0.39 is 0 Å². The van der Waals surface area contributed by atoms with Crippen LogP contribution in [0.2, 0.25) is 0 Å². The van der Waals surface area contributed by atoms with E-state index in [1.807, 2.05) is 24.3 Å². The van der Waals surface area contributed by atoms with Crippen molar-refractivity contribution < 1.29 is 4.79 Å². The molecule has 2 rings (SSSR count). The number of amides is 1. The zero-order valence-corrected chi connectivity index (χ0v) is 13.4. The van der Waals surface area contributed by atoms with Crippen molar-refractivity contribution in [2.75, 3.05) is 6.54 Å². The van der Waals surface area contributed by atoms with Crippen LogP contribution in [0.25, 0.3) is 11.0 Å². The minimum Gasteiger partial charge on any atom is -0.354 e. The smallest absolute Gasteiger partial charge is 0.241 e. The van der Waals surface area contributed by atoms with E-state index in [-0.39, 0.29) is 12.5 Å². The molecule has 2 aromatic rings. The Morgan fingerprint density at radius 2 is 1.82 bits per heavy atom. The highest BCUT2D eigenvalue weighted by atomic mass is 16.2. The fourth-order valence-electron chi connectivity index (χ4n) is 2.54. The van der Waals surface area contributed by atoms with Gasteiger partial charge < -0.3 is 5.32 Å². The van der Waals surface area contributed by atoms with Gasteiger partial charge in [0.15, 0.2) is 0 Å². The third kappa shape index (κ3) is 5.13. The van der Waals surface area contributed by atoms with Gasteiger partial charge in [-0.25, -0.2) is 4.68 Å². The number of hydrogen-bond acceptors (Lipinski definition) is 3. The highest BCUT2D eigenvalue weighted by molar-refractivity contribution is 5.79. The molecule has 0 aliphatic heterocycles. The van der Waals surface area contributed by atoms with Crippen LogP contribution in [0.4, 0.5) is 0 Å². The van der Waals surface area contributed by atoms with E-state index in [1.165, 1.54) is 38.5 Å². The Labute approximate surface area is 132 Å². The van der Waals surface area contributed by atoms with Gasteiger partial charge in [-0.15, -0.1) is 5.10 Å². The van der Waals surface area contributed by atoms with Crippen LogP contribution in [0.5, 0.6) is 0 Å². The van der Waals surface area contributed by atoms with Crippen molar-refractivity contribution in [2.24, 2.45) is 0 Å². The molecular formula is C17H26N4O. The summed E-state index contributed by atoms with van der Waals surface area (Å²) in [5, 5.41) is 11.0. The molecule has 5 nitrogen and oxygen atoms in total. The van der Waals surface area contributed by atoms with Crippen molar-refractivity contribution in [3.63, 3.8) is 0 Å². The minimum atomic E-state index is 0.00151. The molecule has 1 amide bonds. The summed E-state index contributed by atoms with van der Waals surface area (Å²) in [7, 11) is 0. The maximum absolute atomic E-state index is 11.9. The van der Waals surface area contributed by atoms with Gasteiger partial charge in [0.25, 0.3) is 0 Å². The number of nitrogens with zero attached hydrogens (tertiary/aromatic N) is 3. The second-order valence-corrected chi connectivity index (χ2v) is 5.71. The predicted octanol–water partition coefficient (Wildman–Crippen LogP) is 3.30. The third-order valence-electron chi connectivity index (χ3n) is 3.82. The standard InChI is InChI=1S/C17H26N4O/c1-2-3-4-5-6-7-10-13-18-17(22)14-21-16-12-9-8-11-15(16)19-20-21/h8-9,11-12H,2-7,10,13-14H2,1H3,(H,18,22). The van der Waals surface area contributed by atoms with Crippen molar-refractivity contribution in [1.29, 1.82) is 0 Å². The van der Waals surface area contributed by atoms with Crippen LogP contribution < -0.4 is 5.32 Å². The van der Waals surface area contributed by atoms with Crippen LogP contribution in [0.1, 0.15) is 51.9 Å². The van der Waals surface area contributed by atoms with Crippen molar-refractivity contribution in [2.45, 2.75) is 58.4 Å². The van der Waals surface area contributed by atoms with Gasteiger partial charge in [-0.2, -0.15) is 0 Å². The minimum absolute atomic E-state index is 0.00151. The quantitative estimate of drug-likeness (QED) is 0.685. The molecule has 1 aromatic heterocycles. The Morgan fingerprint density at radius 1 is 1.09 bits per heavy atom. The molecule has 22 heavy (non-hydrogen) atoms. The van der Waals surface area contributed by atoms with Crippen LogP contribution in [0.15, 0.2) is 24.3 Å². The van der Waals surface area contributed by atoms with Gasteiger partial charge in [0.05, 0.1) is 5.52 Å². The average molecular weight is 302 g/mol. The lowest BCUT2D eigenvalue weighted by molar-refractivity contribution is -0.121. The predicted molar refractivity (Wildman–Crippen MR) is 88.5 cm³/mol. The molecule has 1 N–H and O–H groups in total. The number of carbonyl (C=O) groups is 1. The van der Waals surface area contributed by atoms with Gasteiger partial charge in [0.2, 0.25) is 5.91 Å². The number of nitrogens with one attached hydrogen (secondary N) is 1. The molecule has 0 aliphatic carbocycles. The van der Waals surface area contributed by atoms with Crippen molar-refractivity contribution >= 4 is 16.9 Å². The van der Waals surface area contributed by atoms with Gasteiger partial charge in [-0.3, -0.25) is 4.79 Å². The zero-order chi connectivity index (χ0) is 15.6. The Balaban J connectivity index is 1.62. The Morgan fingerprint density at radius 3 is 2.64 bits per heavy atom. The summed E-state index contributed by atoms with van der Waals surface area (Å²) in [6, 6.07) is 7.68. The molecule has 0 saturated carbocycles. The van der Waals surface area contributed by atoms with Crippen molar-refractivity contribution in [3.05, 3.63) is 24.3 Å². The molecule has 1 heterocycles. The van der Waals surface area contributed by atoms with E-state index in [0.29, 0.717) is 0 Å². The molecule has 0 fully saturated rings. The topological polar surface area (TPSA) is 59.8 Å². The first kappa shape index (κ1) is 16.5. The molecule has 0 unspecified atom stereocenters. The molecular weight excluding hydrogens is 276 g/mol. The first-order chi connectivity index (χ1) is 10.8. The van der Waals surface area contributed by atoms with Gasteiger partial charge in [0, 0.05) is 6.54 Å². The number of fused-ring (bicyclic) bond motifs is 1. The lowest BCUT2D eigenvalue weighted by Crippen LogP contribution is -2.28. The summed E-state index contributed by atoms with van der Waals surface area (Å²) in [4.78, 5) is 11.9. The lowest BCUT2D eigenvalue weighted by atomic mass is 10.1. The van der Waals surface area contributed by atoms with Gasteiger partial charge in [-0.1, -0.05) is 62.8 Å². The van der Waals surface area contributed by atoms with E-state index in [0.717, 1.165) is 24.0 Å². The molecule has 0 atom stereocenters. The number of benzene rings is 1. The molecule has 0 spiro atoms. The molecule has 0 bridgehead atoms. The number of unbranched alkanes of at least 4 members (excludes halogenated alkanes) is 6. The molecule has 120 valence electrons. The normalized spacial score (nSPS) is 11.0. The maximum Gasteiger partial charge on any atom is 0.241 e. The average Bonchev–Trinajstić information content (AvgIpc) is 2.93. The summed E-state index contributed by atoms with van der Waals surface area (Å²) in [5.74, 6) is 0.00151. The number of hydrogen-bond donors (Lipinski definition) is 1. The number of carbonyl (C=O) groups excluding carboxylic acids is 1. The van der Waals surface area contributed by atoms with Crippen molar-refractivity contribution in [3.8, 4) is 0 Å². The molecule has 0 aliphatic rings. The summed E-state index contributed by atoms with van der Waals surface area (Å²) in [6.45, 7) is 3.21. The van der Waals surface area contributed by atoms with Crippen LogP contribution in [-0.2, 0) is 11.3 Å². The van der Waals surface area contributed by atoms with Crippen LogP contribution in [0.3, 0.4) is 0 Å². The third-order valence-corrected chi connectivity index (χ3v) is 3.82. The van der Waals surface area contributed by atoms with E-state index in [1.54, 1.807) is 4.68 Å². The first-order valence-electron chi connectivity index (χ1n) is 8.36. The van der Waals surface area contributed by atoms with Gasteiger partial charge in [0.1, 0.15) is 12.1 Å². The van der Waals surface area contributed by atoms with Gasteiger partial charge in [-0.05, 0) is 18.6 Å². The number of para-hydroxylation sites is 1. The lowest BCUT2D eigenvalue weighted by Gasteiger charge is -2.06. The fourth-order valence-corrected chi connectivity index (χ4v) is 2.54. The molecule has 1 aromatic carbocycles. The van der Waals surface area contributed by atoms with Crippen molar-refractivity contribution in [1.82, 2.24) is 20.3 Å². The number of aromatic nitrogens is 3. The fraction of sp³-hybridized carbons (Fsp3) is 0.588. The summed E-state index contributed by atoms with van der Waals surface area (Å²) in [5.41, 5.74) is 1.72. The second kappa shape index (κ2) is 9.18. The monoisotopic (exact) mass is 302 g/mol. The SMILES string of the molecule is CCCCCCCCCNC(=O)Cn1nnc2ccccc21. The summed E-state index contributed by atoms with van der Waals surface area (Å²) in [6.07, 6.45) is 8.78. The number of rotatable bonds is 10. The zero-order valence-electron chi connectivity index (χ0n) is 13.4. The second-order valence-electron chi connectivity index (χ2n) is 5.71. The van der Waals surface area contributed by atoms with E-state index >= 15 is 0 Å². The molecule has 0 radical (unpaired) electrons. The highest BCUT2D eigenvalue weighted by Crippen LogP contribution is 2.09. The maximum atomic E-state index is 11.9. The molecule has 5 heteroatoms. The van der Waals surface area contributed by atoms with Crippen LogP contribution >= 0.6 is 0 Å². The Kier molecular flexibility index (Phi) is 6.87. The highest BCUT2D eigenvalue weighted by Gasteiger charge is 2.07. The largest absolute Gasteiger partial charge is 0.354 e. The Hall–Kier alpha value is -1.91. The Bertz CT molecular complexity index is 579. The van der Waals surface area contributed by atoms with Crippen LogP contribution in [0, 0.1) is 0 Å². The van der Waals surface area contributed by atoms with Crippen LogP contribution in [-0.4, -0.2) is 27.4 Å². The summed E-state index contributed by atoms with van der Waals surface area (Å²) >= 11 is 0. The molecule has 0 saturated heterocycles.